The zero-order valence-corrected chi connectivity index (χ0v) is 12.8. The van der Waals surface area contributed by atoms with E-state index in [0.717, 1.165) is 28.3 Å². The summed E-state index contributed by atoms with van der Waals surface area (Å²) >= 11 is 0. The first-order chi connectivity index (χ1) is 9.72. The van der Waals surface area contributed by atoms with E-state index in [-0.39, 0.29) is 12.0 Å². The van der Waals surface area contributed by atoms with E-state index in [0.29, 0.717) is 0 Å². The van der Waals surface area contributed by atoms with Crippen LogP contribution in [0.5, 0.6) is 0 Å². The average molecular weight is 290 g/mol. The number of aryl methyl sites for hydroxylation is 3. The Labute approximate surface area is 124 Å². The van der Waals surface area contributed by atoms with E-state index in [1.807, 2.05) is 32.9 Å². The zero-order valence-electron chi connectivity index (χ0n) is 12.8. The number of aliphatic hydroxyl groups is 1. The third kappa shape index (κ3) is 3.13. The molecule has 1 N–H and O–H groups in total. The van der Waals surface area contributed by atoms with Gasteiger partial charge in [-0.2, -0.15) is 0 Å². The molecule has 0 saturated heterocycles. The van der Waals surface area contributed by atoms with Crippen LogP contribution in [0.4, 0.5) is 8.78 Å². The molecule has 0 bridgehead atoms. The van der Waals surface area contributed by atoms with Crippen LogP contribution in [0.25, 0.3) is 0 Å². The summed E-state index contributed by atoms with van der Waals surface area (Å²) in [6.45, 7) is 7.46. The molecule has 0 spiro atoms. The predicted octanol–water partition coefficient (Wildman–Crippen LogP) is 4.34. The van der Waals surface area contributed by atoms with Gasteiger partial charge in [-0.1, -0.05) is 29.8 Å². The summed E-state index contributed by atoms with van der Waals surface area (Å²) in [5.41, 5.74) is 2.73. The van der Waals surface area contributed by atoms with Gasteiger partial charge in [0, 0.05) is 12.0 Å². The van der Waals surface area contributed by atoms with Crippen molar-refractivity contribution in [1.29, 1.82) is 0 Å². The number of rotatable bonds is 3. The molecule has 2 aromatic carbocycles. The normalized spacial score (nSPS) is 14.0. The van der Waals surface area contributed by atoms with Crippen molar-refractivity contribution in [3.63, 3.8) is 0 Å². The van der Waals surface area contributed by atoms with Crippen LogP contribution >= 0.6 is 0 Å². The fraction of sp³-hybridized carbons (Fsp3) is 0.333. The Bertz CT molecular complexity index is 652. The standard InChI is InChI=1S/C18H20F2O/c1-11-8-12(2)14(13(3)9-11)10-18(4,21)15-6-5-7-16(19)17(15)20/h5-9,21H,10H2,1-4H3. The van der Waals surface area contributed by atoms with Crippen molar-refractivity contribution in [2.45, 2.75) is 39.7 Å². The molecule has 112 valence electrons. The molecule has 21 heavy (non-hydrogen) atoms. The Morgan fingerprint density at radius 2 is 1.62 bits per heavy atom. The molecule has 0 aromatic heterocycles. The van der Waals surface area contributed by atoms with Crippen molar-refractivity contribution < 1.29 is 13.9 Å². The van der Waals surface area contributed by atoms with Gasteiger partial charge in [-0.3, -0.25) is 0 Å². The summed E-state index contributed by atoms with van der Waals surface area (Å²) < 4.78 is 27.3. The summed E-state index contributed by atoms with van der Waals surface area (Å²) in [6, 6.07) is 7.95. The molecule has 0 saturated carbocycles. The fourth-order valence-corrected chi connectivity index (χ4v) is 2.85. The Morgan fingerprint density at radius 1 is 1.05 bits per heavy atom. The molecule has 1 unspecified atom stereocenters. The Hall–Kier alpha value is -1.74. The number of hydrogen-bond donors (Lipinski definition) is 1. The average Bonchev–Trinajstić information content (AvgIpc) is 2.37. The van der Waals surface area contributed by atoms with Gasteiger partial charge in [0.2, 0.25) is 0 Å². The molecule has 0 fully saturated rings. The minimum absolute atomic E-state index is 0.0122. The highest BCUT2D eigenvalue weighted by Gasteiger charge is 2.29. The van der Waals surface area contributed by atoms with Gasteiger partial charge in [-0.05, 0) is 50.5 Å². The lowest BCUT2D eigenvalue weighted by molar-refractivity contribution is 0.0527. The van der Waals surface area contributed by atoms with E-state index in [4.69, 9.17) is 0 Å². The SMILES string of the molecule is Cc1cc(C)c(CC(C)(O)c2cccc(F)c2F)c(C)c1. The zero-order chi connectivity index (χ0) is 15.8. The van der Waals surface area contributed by atoms with Crippen LogP contribution in [0.3, 0.4) is 0 Å². The first-order valence-corrected chi connectivity index (χ1v) is 6.96. The first kappa shape index (κ1) is 15.6. The smallest absolute Gasteiger partial charge is 0.164 e. The molecule has 0 amide bonds. The molecule has 0 radical (unpaired) electrons. The predicted molar refractivity (Wildman–Crippen MR) is 80.3 cm³/mol. The van der Waals surface area contributed by atoms with Crippen LogP contribution in [0.15, 0.2) is 30.3 Å². The van der Waals surface area contributed by atoms with Gasteiger partial charge in [-0.25, -0.2) is 8.78 Å². The topological polar surface area (TPSA) is 20.2 Å². The van der Waals surface area contributed by atoms with Gasteiger partial charge in [0.15, 0.2) is 11.6 Å². The van der Waals surface area contributed by atoms with Crippen molar-refractivity contribution in [3.8, 4) is 0 Å². The van der Waals surface area contributed by atoms with Crippen LogP contribution in [-0.4, -0.2) is 5.11 Å². The summed E-state index contributed by atoms with van der Waals surface area (Å²) in [6.07, 6.45) is 0.241. The van der Waals surface area contributed by atoms with E-state index in [9.17, 15) is 13.9 Å². The largest absolute Gasteiger partial charge is 0.385 e. The summed E-state index contributed by atoms with van der Waals surface area (Å²) in [5, 5.41) is 10.7. The molecule has 1 nitrogen and oxygen atoms in total. The lowest BCUT2D eigenvalue weighted by atomic mass is 9.85. The molecular weight excluding hydrogens is 270 g/mol. The lowest BCUT2D eigenvalue weighted by Gasteiger charge is -2.26. The van der Waals surface area contributed by atoms with Crippen LogP contribution in [0.1, 0.15) is 34.7 Å². The third-order valence-corrected chi connectivity index (χ3v) is 3.89. The number of hydrogen-bond acceptors (Lipinski definition) is 1. The maximum absolute atomic E-state index is 13.9. The lowest BCUT2D eigenvalue weighted by Crippen LogP contribution is -2.27. The van der Waals surface area contributed by atoms with Gasteiger partial charge in [-0.15, -0.1) is 0 Å². The molecule has 0 aliphatic heterocycles. The van der Waals surface area contributed by atoms with Gasteiger partial charge < -0.3 is 5.11 Å². The van der Waals surface area contributed by atoms with Crippen LogP contribution in [-0.2, 0) is 12.0 Å². The van der Waals surface area contributed by atoms with Crippen LogP contribution in [0, 0.1) is 32.4 Å². The molecule has 0 heterocycles. The quantitative estimate of drug-likeness (QED) is 0.891. The van der Waals surface area contributed by atoms with E-state index in [2.05, 4.69) is 0 Å². The van der Waals surface area contributed by atoms with Crippen molar-refractivity contribution in [1.82, 2.24) is 0 Å². The molecule has 3 heteroatoms. The molecular formula is C18H20F2O. The molecule has 2 aromatic rings. The number of benzene rings is 2. The van der Waals surface area contributed by atoms with Gasteiger partial charge >= 0.3 is 0 Å². The summed E-state index contributed by atoms with van der Waals surface area (Å²) in [4.78, 5) is 0. The highest BCUT2D eigenvalue weighted by molar-refractivity contribution is 5.39. The van der Waals surface area contributed by atoms with Gasteiger partial charge in [0.1, 0.15) is 0 Å². The monoisotopic (exact) mass is 290 g/mol. The van der Waals surface area contributed by atoms with Crippen LogP contribution in [0.2, 0.25) is 0 Å². The highest BCUT2D eigenvalue weighted by Crippen LogP contribution is 2.31. The minimum Gasteiger partial charge on any atom is -0.385 e. The van der Waals surface area contributed by atoms with E-state index < -0.39 is 17.2 Å². The van der Waals surface area contributed by atoms with Crippen molar-refractivity contribution in [2.75, 3.05) is 0 Å². The molecule has 1 atom stereocenters. The summed E-state index contributed by atoms with van der Waals surface area (Å²) in [7, 11) is 0. The van der Waals surface area contributed by atoms with Crippen molar-refractivity contribution in [2.24, 2.45) is 0 Å². The Morgan fingerprint density at radius 3 is 2.19 bits per heavy atom. The van der Waals surface area contributed by atoms with Gasteiger partial charge in [0.25, 0.3) is 0 Å². The summed E-state index contributed by atoms with van der Waals surface area (Å²) in [5.74, 6) is -1.92. The fourth-order valence-electron chi connectivity index (χ4n) is 2.85. The number of halogens is 2. The van der Waals surface area contributed by atoms with E-state index in [1.54, 1.807) is 0 Å². The van der Waals surface area contributed by atoms with E-state index in [1.165, 1.54) is 19.1 Å². The molecule has 0 aliphatic carbocycles. The molecule has 2 rings (SSSR count). The van der Waals surface area contributed by atoms with Crippen LogP contribution < -0.4 is 0 Å². The second kappa shape index (κ2) is 5.57. The maximum Gasteiger partial charge on any atom is 0.164 e. The minimum atomic E-state index is -1.46. The third-order valence-electron chi connectivity index (χ3n) is 3.89. The highest BCUT2D eigenvalue weighted by atomic mass is 19.2. The molecule has 0 aliphatic rings. The second-order valence-corrected chi connectivity index (χ2v) is 5.93. The maximum atomic E-state index is 13.9. The first-order valence-electron chi connectivity index (χ1n) is 6.96. The Kier molecular flexibility index (Phi) is 4.15. The van der Waals surface area contributed by atoms with Crippen molar-refractivity contribution >= 4 is 0 Å². The second-order valence-electron chi connectivity index (χ2n) is 5.93. The van der Waals surface area contributed by atoms with Crippen molar-refractivity contribution in [3.05, 3.63) is 69.8 Å². The van der Waals surface area contributed by atoms with E-state index >= 15 is 0 Å². The Balaban J connectivity index is 2.45. The van der Waals surface area contributed by atoms with Gasteiger partial charge in [0.05, 0.1) is 5.60 Å².